The van der Waals surface area contributed by atoms with Gasteiger partial charge in [-0.15, -0.1) is 0 Å². The fourth-order valence-corrected chi connectivity index (χ4v) is 8.32. The van der Waals surface area contributed by atoms with E-state index < -0.39 is 45.9 Å². The van der Waals surface area contributed by atoms with Crippen LogP contribution in [-0.2, 0) is 4.79 Å². The van der Waals surface area contributed by atoms with Crippen molar-refractivity contribution < 1.29 is 35.4 Å². The van der Waals surface area contributed by atoms with E-state index in [4.69, 9.17) is 0 Å². The second-order valence-electron chi connectivity index (χ2n) is 13.2. The summed E-state index contributed by atoms with van der Waals surface area (Å²) in [5.41, 5.74) is -4.27. The number of rotatable bonds is 5. The smallest absolute Gasteiger partial charge is 0.159 e. The van der Waals surface area contributed by atoms with Crippen LogP contribution in [0.3, 0.4) is 0 Å². The maximum Gasteiger partial charge on any atom is 0.159 e. The number of carbonyl (C=O) groups is 1. The monoisotopic (exact) mass is 480 g/mol. The van der Waals surface area contributed by atoms with Crippen LogP contribution in [0.15, 0.2) is 11.6 Å². The largest absolute Gasteiger partial charge is 0.390 e. The number of aliphatic hydroxyl groups is 6. The summed E-state index contributed by atoms with van der Waals surface area (Å²) < 4.78 is 0. The van der Waals surface area contributed by atoms with Gasteiger partial charge >= 0.3 is 0 Å². The summed E-state index contributed by atoms with van der Waals surface area (Å²) in [5.74, 6) is -0.948. The molecule has 0 saturated heterocycles. The van der Waals surface area contributed by atoms with Crippen LogP contribution < -0.4 is 0 Å². The Kier molecular flexibility index (Phi) is 6.24. The molecule has 0 unspecified atom stereocenters. The van der Waals surface area contributed by atoms with E-state index in [9.17, 15) is 35.4 Å². The average Bonchev–Trinajstić information content (AvgIpc) is 3.00. The van der Waals surface area contributed by atoms with E-state index >= 15 is 0 Å². The van der Waals surface area contributed by atoms with Gasteiger partial charge in [-0.1, -0.05) is 13.8 Å². The quantitative estimate of drug-likeness (QED) is 0.353. The van der Waals surface area contributed by atoms with Gasteiger partial charge in [-0.3, -0.25) is 4.79 Å². The van der Waals surface area contributed by atoms with E-state index in [1.807, 2.05) is 13.8 Å². The summed E-state index contributed by atoms with van der Waals surface area (Å²) in [6.45, 7) is 8.96. The molecule has 0 aromatic carbocycles. The van der Waals surface area contributed by atoms with Crippen LogP contribution in [-0.4, -0.2) is 71.5 Å². The molecule has 194 valence electrons. The summed E-state index contributed by atoms with van der Waals surface area (Å²) in [6.07, 6.45) is 2.11. The van der Waals surface area contributed by atoms with Crippen LogP contribution in [0.1, 0.15) is 86.0 Å². The number of allylic oxidation sites excluding steroid dienone is 1. The van der Waals surface area contributed by atoms with Crippen molar-refractivity contribution in [3.05, 3.63) is 11.6 Å². The van der Waals surface area contributed by atoms with Gasteiger partial charge in [-0.25, -0.2) is 0 Å². The average molecular weight is 481 g/mol. The second kappa shape index (κ2) is 8.09. The summed E-state index contributed by atoms with van der Waals surface area (Å²) in [7, 11) is 0. The van der Waals surface area contributed by atoms with Crippen LogP contribution in [0.5, 0.6) is 0 Å². The molecule has 10 atom stereocenters. The van der Waals surface area contributed by atoms with Gasteiger partial charge in [-0.2, -0.15) is 0 Å². The molecule has 0 amide bonds. The molecule has 34 heavy (non-hydrogen) atoms. The first kappa shape index (κ1) is 26.2. The molecule has 0 bridgehead atoms. The highest BCUT2D eigenvalue weighted by molar-refractivity contribution is 5.95. The molecule has 4 aliphatic rings. The molecule has 0 aliphatic heterocycles. The van der Waals surface area contributed by atoms with Gasteiger partial charge in [0, 0.05) is 11.3 Å². The maximum atomic E-state index is 13.2. The Morgan fingerprint density at radius 1 is 1.06 bits per heavy atom. The number of aliphatic hydroxyl groups excluding tert-OH is 3. The van der Waals surface area contributed by atoms with Gasteiger partial charge in [0.15, 0.2) is 5.78 Å². The first-order valence-corrected chi connectivity index (χ1v) is 12.9. The lowest BCUT2D eigenvalue weighted by Gasteiger charge is -2.60. The van der Waals surface area contributed by atoms with Crippen molar-refractivity contribution in [1.82, 2.24) is 0 Å². The summed E-state index contributed by atoms with van der Waals surface area (Å²) in [5, 5.41) is 65.5. The maximum absolute atomic E-state index is 13.2. The van der Waals surface area contributed by atoms with E-state index in [0.29, 0.717) is 44.1 Å². The molecule has 0 radical (unpaired) electrons. The Balaban J connectivity index is 1.66. The SMILES string of the molecule is CC(C)(O)CC[C@H](O)[C@](C)(O)[C@H]1CC[C@@]2(O)C3=CC(=O)[C@H]4C[C@@H](O)[C@@H](O)C[C@]4(C)[C@H]3CC[C@]12C. The number of ketones is 1. The Hall–Kier alpha value is -0.830. The third-order valence-electron chi connectivity index (χ3n) is 10.5. The van der Waals surface area contributed by atoms with Gasteiger partial charge < -0.3 is 30.6 Å². The molecule has 7 nitrogen and oxygen atoms in total. The Bertz CT molecular complexity index is 860. The lowest BCUT2D eigenvalue weighted by Crippen LogP contribution is -2.62. The minimum Gasteiger partial charge on any atom is -0.390 e. The molecular weight excluding hydrogens is 436 g/mol. The highest BCUT2D eigenvalue weighted by Crippen LogP contribution is 2.68. The summed E-state index contributed by atoms with van der Waals surface area (Å²) >= 11 is 0. The molecule has 7 heteroatoms. The third-order valence-corrected chi connectivity index (χ3v) is 10.5. The molecule has 3 fully saturated rings. The fraction of sp³-hybridized carbons (Fsp3) is 0.889. The van der Waals surface area contributed by atoms with Crippen LogP contribution >= 0.6 is 0 Å². The predicted molar refractivity (Wildman–Crippen MR) is 127 cm³/mol. The Labute approximate surface area is 202 Å². The van der Waals surface area contributed by atoms with Gasteiger partial charge in [0.1, 0.15) is 0 Å². The lowest BCUT2D eigenvalue weighted by molar-refractivity contribution is -0.177. The zero-order chi connectivity index (χ0) is 25.5. The van der Waals surface area contributed by atoms with Crippen LogP contribution in [0, 0.1) is 28.6 Å². The summed E-state index contributed by atoms with van der Waals surface area (Å²) in [4.78, 5) is 13.2. The van der Waals surface area contributed by atoms with Crippen molar-refractivity contribution in [2.24, 2.45) is 28.6 Å². The molecule has 4 rings (SSSR count). The van der Waals surface area contributed by atoms with Gasteiger partial charge in [0.25, 0.3) is 0 Å². The molecule has 4 aliphatic carbocycles. The first-order valence-electron chi connectivity index (χ1n) is 12.9. The number of hydrogen-bond acceptors (Lipinski definition) is 7. The van der Waals surface area contributed by atoms with E-state index in [0.717, 1.165) is 0 Å². The van der Waals surface area contributed by atoms with E-state index in [-0.39, 0.29) is 36.4 Å². The molecule has 0 spiro atoms. The normalized spacial score (nSPS) is 47.2. The molecule has 0 aromatic rings. The van der Waals surface area contributed by atoms with E-state index in [1.165, 1.54) is 0 Å². The van der Waals surface area contributed by atoms with Crippen LogP contribution in [0.2, 0.25) is 0 Å². The minimum absolute atomic E-state index is 0.0840. The molecular formula is C27H44O7. The fourth-order valence-electron chi connectivity index (χ4n) is 8.32. The van der Waals surface area contributed by atoms with Crippen molar-refractivity contribution in [2.45, 2.75) is 121 Å². The number of fused-ring (bicyclic) bond motifs is 5. The highest BCUT2D eigenvalue weighted by atomic mass is 16.3. The van der Waals surface area contributed by atoms with Crippen molar-refractivity contribution in [2.75, 3.05) is 0 Å². The molecule has 6 N–H and O–H groups in total. The standard InChI is InChI=1S/C27H44O7/c1-23(2,32)9-8-22(31)26(5,33)21-7-11-27(34)16-12-18(28)17-13-19(29)20(30)14-24(17,3)15(16)6-10-25(21,27)4/h12,15,17,19-22,29-34H,6-11,13-14H2,1-5H3/t15-,17+,19+,20-,21-,22-,24+,25+,26+,27+/m0/s1. The Morgan fingerprint density at radius 2 is 1.71 bits per heavy atom. The second-order valence-corrected chi connectivity index (χ2v) is 13.2. The third kappa shape index (κ3) is 3.73. The van der Waals surface area contributed by atoms with Crippen molar-refractivity contribution in [3.8, 4) is 0 Å². The zero-order valence-corrected chi connectivity index (χ0v) is 21.3. The van der Waals surface area contributed by atoms with Crippen molar-refractivity contribution in [3.63, 3.8) is 0 Å². The first-order chi connectivity index (χ1) is 15.5. The number of hydrogen-bond donors (Lipinski definition) is 6. The molecule has 0 heterocycles. The topological polar surface area (TPSA) is 138 Å². The van der Waals surface area contributed by atoms with E-state index in [1.54, 1.807) is 26.8 Å². The molecule has 0 aromatic heterocycles. The van der Waals surface area contributed by atoms with Crippen molar-refractivity contribution in [1.29, 1.82) is 0 Å². The molecule has 3 saturated carbocycles. The Morgan fingerprint density at radius 3 is 2.32 bits per heavy atom. The van der Waals surface area contributed by atoms with Crippen molar-refractivity contribution >= 4 is 5.78 Å². The zero-order valence-electron chi connectivity index (χ0n) is 21.3. The minimum atomic E-state index is -1.46. The summed E-state index contributed by atoms with van der Waals surface area (Å²) in [6, 6.07) is 0. The van der Waals surface area contributed by atoms with Gasteiger partial charge in [-0.05, 0) is 101 Å². The number of carbonyl (C=O) groups excluding carboxylic acids is 1. The highest BCUT2D eigenvalue weighted by Gasteiger charge is 2.69. The van der Waals surface area contributed by atoms with Crippen LogP contribution in [0.4, 0.5) is 0 Å². The van der Waals surface area contributed by atoms with Crippen LogP contribution in [0.25, 0.3) is 0 Å². The lowest BCUT2D eigenvalue weighted by atomic mass is 9.45. The van der Waals surface area contributed by atoms with Gasteiger partial charge in [0.2, 0.25) is 0 Å². The van der Waals surface area contributed by atoms with E-state index in [2.05, 4.69) is 0 Å². The predicted octanol–water partition coefficient (Wildman–Crippen LogP) is 1.85. The van der Waals surface area contributed by atoms with Gasteiger partial charge in [0.05, 0.1) is 35.1 Å².